The van der Waals surface area contributed by atoms with Crippen molar-refractivity contribution in [1.82, 2.24) is 0 Å². The molecule has 0 radical (unpaired) electrons. The Morgan fingerprint density at radius 3 is 2.72 bits per heavy atom. The molecule has 2 rings (SSSR count). The Morgan fingerprint density at radius 2 is 2.06 bits per heavy atom. The molecule has 0 bridgehead atoms. The molecule has 0 saturated heterocycles. The van der Waals surface area contributed by atoms with E-state index < -0.39 is 12.0 Å². The summed E-state index contributed by atoms with van der Waals surface area (Å²) in [6, 6.07) is 7.49. The summed E-state index contributed by atoms with van der Waals surface area (Å²) in [5, 5.41) is 8.84. The Balaban J connectivity index is 2.06. The van der Waals surface area contributed by atoms with Crippen molar-refractivity contribution in [2.24, 2.45) is 5.73 Å². The summed E-state index contributed by atoms with van der Waals surface area (Å²) in [5.41, 5.74) is 7.96. The van der Waals surface area contributed by atoms with Crippen molar-refractivity contribution in [2.45, 2.75) is 50.5 Å². The monoisotopic (exact) mass is 247 g/mol. The fourth-order valence-corrected chi connectivity index (χ4v) is 2.75. The largest absolute Gasteiger partial charge is 0.480 e. The van der Waals surface area contributed by atoms with E-state index >= 15 is 0 Å². The maximum atomic E-state index is 10.8. The molecule has 0 amide bonds. The molecule has 1 aliphatic rings. The highest BCUT2D eigenvalue weighted by Gasteiger charge is 2.17. The van der Waals surface area contributed by atoms with E-state index in [-0.39, 0.29) is 0 Å². The van der Waals surface area contributed by atoms with Gasteiger partial charge in [-0.1, -0.05) is 43.5 Å². The number of carboxylic acid groups (broad SMARTS) is 1. The number of benzene rings is 1. The Labute approximate surface area is 108 Å². The predicted molar refractivity (Wildman–Crippen MR) is 71.6 cm³/mol. The third-order valence-corrected chi connectivity index (χ3v) is 3.80. The quantitative estimate of drug-likeness (QED) is 0.859. The molecular formula is C15H21NO2. The highest BCUT2D eigenvalue weighted by atomic mass is 16.4. The maximum absolute atomic E-state index is 10.8. The molecule has 1 aliphatic carbocycles. The van der Waals surface area contributed by atoms with Crippen LogP contribution < -0.4 is 5.73 Å². The Kier molecular flexibility index (Phi) is 4.37. The average Bonchev–Trinajstić information content (AvgIpc) is 2.40. The van der Waals surface area contributed by atoms with Crippen LogP contribution in [0.5, 0.6) is 0 Å². The lowest BCUT2D eigenvalue weighted by Crippen LogP contribution is -2.32. The Bertz CT molecular complexity index is 411. The van der Waals surface area contributed by atoms with Crippen molar-refractivity contribution < 1.29 is 9.90 Å². The Hall–Kier alpha value is -1.35. The molecule has 3 heteroatoms. The molecule has 1 aromatic carbocycles. The van der Waals surface area contributed by atoms with Crippen molar-refractivity contribution in [3.05, 3.63) is 35.4 Å². The van der Waals surface area contributed by atoms with Crippen LogP contribution in [0.25, 0.3) is 0 Å². The first-order valence-electron chi connectivity index (χ1n) is 6.74. The number of hydrogen-bond donors (Lipinski definition) is 2. The highest BCUT2D eigenvalue weighted by molar-refractivity contribution is 5.73. The van der Waals surface area contributed by atoms with Crippen LogP contribution in [0, 0.1) is 0 Å². The SMILES string of the molecule is N[C@@H](Cc1cccc(C2CCCCC2)c1)C(=O)O. The number of hydrogen-bond acceptors (Lipinski definition) is 2. The smallest absolute Gasteiger partial charge is 0.320 e. The van der Waals surface area contributed by atoms with Gasteiger partial charge in [-0.05, 0) is 36.3 Å². The van der Waals surface area contributed by atoms with E-state index in [4.69, 9.17) is 10.8 Å². The van der Waals surface area contributed by atoms with E-state index in [2.05, 4.69) is 12.1 Å². The third-order valence-electron chi connectivity index (χ3n) is 3.80. The van der Waals surface area contributed by atoms with E-state index in [9.17, 15) is 4.79 Å². The summed E-state index contributed by atoms with van der Waals surface area (Å²) in [7, 11) is 0. The van der Waals surface area contributed by atoms with Crippen molar-refractivity contribution in [2.75, 3.05) is 0 Å². The first kappa shape index (κ1) is 13.1. The third kappa shape index (κ3) is 3.33. The summed E-state index contributed by atoms with van der Waals surface area (Å²) in [6.45, 7) is 0. The molecule has 0 aromatic heterocycles. The molecule has 1 aromatic rings. The van der Waals surface area contributed by atoms with Gasteiger partial charge in [0, 0.05) is 0 Å². The molecule has 0 aliphatic heterocycles. The highest BCUT2D eigenvalue weighted by Crippen LogP contribution is 2.32. The molecule has 3 N–H and O–H groups in total. The van der Waals surface area contributed by atoms with Crippen LogP contribution in [0.15, 0.2) is 24.3 Å². The van der Waals surface area contributed by atoms with E-state index in [1.54, 1.807) is 0 Å². The summed E-state index contributed by atoms with van der Waals surface area (Å²) >= 11 is 0. The second-order valence-electron chi connectivity index (χ2n) is 5.23. The molecule has 3 nitrogen and oxygen atoms in total. The molecule has 0 unspecified atom stereocenters. The van der Waals surface area contributed by atoms with Gasteiger partial charge in [0.05, 0.1) is 0 Å². The number of nitrogens with two attached hydrogens (primary N) is 1. The van der Waals surface area contributed by atoms with Crippen LogP contribution in [-0.2, 0) is 11.2 Å². The minimum Gasteiger partial charge on any atom is -0.480 e. The van der Waals surface area contributed by atoms with Crippen molar-refractivity contribution in [3.8, 4) is 0 Å². The normalized spacial score (nSPS) is 18.5. The lowest BCUT2D eigenvalue weighted by atomic mass is 9.83. The summed E-state index contributed by atoms with van der Waals surface area (Å²) in [6.07, 6.45) is 6.89. The average molecular weight is 247 g/mol. The molecular weight excluding hydrogens is 226 g/mol. The first-order chi connectivity index (χ1) is 8.66. The lowest BCUT2D eigenvalue weighted by Gasteiger charge is -2.22. The van der Waals surface area contributed by atoms with Crippen LogP contribution in [-0.4, -0.2) is 17.1 Å². The zero-order chi connectivity index (χ0) is 13.0. The van der Waals surface area contributed by atoms with Crippen LogP contribution in [0.4, 0.5) is 0 Å². The van der Waals surface area contributed by atoms with Gasteiger partial charge >= 0.3 is 5.97 Å². The minimum atomic E-state index is -0.932. The number of rotatable bonds is 4. The van der Waals surface area contributed by atoms with Crippen molar-refractivity contribution in [3.63, 3.8) is 0 Å². The van der Waals surface area contributed by atoms with Gasteiger partial charge in [-0.2, -0.15) is 0 Å². The molecule has 1 fully saturated rings. The molecule has 0 spiro atoms. The van der Waals surface area contributed by atoms with Gasteiger partial charge < -0.3 is 10.8 Å². The van der Waals surface area contributed by atoms with Gasteiger partial charge in [-0.15, -0.1) is 0 Å². The fraction of sp³-hybridized carbons (Fsp3) is 0.533. The molecule has 0 heterocycles. The summed E-state index contributed by atoms with van der Waals surface area (Å²) < 4.78 is 0. The maximum Gasteiger partial charge on any atom is 0.320 e. The molecule has 1 saturated carbocycles. The van der Waals surface area contributed by atoms with Crippen LogP contribution in [0.2, 0.25) is 0 Å². The minimum absolute atomic E-state index is 0.413. The molecule has 98 valence electrons. The fourth-order valence-electron chi connectivity index (χ4n) is 2.75. The van der Waals surface area contributed by atoms with Crippen molar-refractivity contribution >= 4 is 5.97 Å². The van der Waals surface area contributed by atoms with Gasteiger partial charge in [-0.25, -0.2) is 0 Å². The van der Waals surface area contributed by atoms with E-state index in [1.165, 1.54) is 37.7 Å². The lowest BCUT2D eigenvalue weighted by molar-refractivity contribution is -0.138. The van der Waals surface area contributed by atoms with Gasteiger partial charge in [-0.3, -0.25) is 4.79 Å². The topological polar surface area (TPSA) is 63.3 Å². The standard InChI is InChI=1S/C15H21NO2/c16-14(15(17)18)10-11-5-4-8-13(9-11)12-6-2-1-3-7-12/h4-5,8-9,12,14H,1-3,6-7,10,16H2,(H,17,18)/t14-/m0/s1. The molecule has 1 atom stereocenters. The number of aliphatic carboxylic acids is 1. The zero-order valence-corrected chi connectivity index (χ0v) is 10.6. The summed E-state index contributed by atoms with van der Waals surface area (Å²) in [5.74, 6) is -0.280. The van der Waals surface area contributed by atoms with Gasteiger partial charge in [0.2, 0.25) is 0 Å². The van der Waals surface area contributed by atoms with E-state index in [1.807, 2.05) is 12.1 Å². The predicted octanol–water partition coefficient (Wildman–Crippen LogP) is 2.69. The van der Waals surface area contributed by atoms with Gasteiger partial charge in [0.15, 0.2) is 0 Å². The number of carboxylic acids is 1. The van der Waals surface area contributed by atoms with Crippen LogP contribution >= 0.6 is 0 Å². The molecule has 18 heavy (non-hydrogen) atoms. The second-order valence-corrected chi connectivity index (χ2v) is 5.23. The number of carbonyl (C=O) groups is 1. The van der Waals surface area contributed by atoms with E-state index in [0.717, 1.165) is 5.56 Å². The second kappa shape index (κ2) is 6.01. The van der Waals surface area contributed by atoms with Gasteiger partial charge in [0.1, 0.15) is 6.04 Å². The Morgan fingerprint density at radius 1 is 1.33 bits per heavy atom. The first-order valence-corrected chi connectivity index (χ1v) is 6.74. The van der Waals surface area contributed by atoms with Crippen molar-refractivity contribution in [1.29, 1.82) is 0 Å². The van der Waals surface area contributed by atoms with E-state index in [0.29, 0.717) is 12.3 Å². The van der Waals surface area contributed by atoms with Crippen LogP contribution in [0.3, 0.4) is 0 Å². The van der Waals surface area contributed by atoms with Crippen LogP contribution in [0.1, 0.15) is 49.1 Å². The summed E-state index contributed by atoms with van der Waals surface area (Å²) in [4.78, 5) is 10.8. The zero-order valence-electron chi connectivity index (χ0n) is 10.6. The van der Waals surface area contributed by atoms with Gasteiger partial charge in [0.25, 0.3) is 0 Å².